The van der Waals surface area contributed by atoms with Crippen LogP contribution in [0.15, 0.2) is 6.07 Å². The van der Waals surface area contributed by atoms with Crippen LogP contribution in [0.5, 0.6) is 0 Å². The summed E-state index contributed by atoms with van der Waals surface area (Å²) in [7, 11) is 0. The van der Waals surface area contributed by atoms with E-state index in [1.54, 1.807) is 6.92 Å². The Morgan fingerprint density at radius 1 is 1.62 bits per heavy atom. The van der Waals surface area contributed by atoms with Crippen LogP contribution in [0.2, 0.25) is 0 Å². The Bertz CT molecular complexity index is 457. The first-order valence-corrected chi connectivity index (χ1v) is 5.33. The van der Waals surface area contributed by atoms with E-state index in [0.29, 0.717) is 5.56 Å². The van der Waals surface area contributed by atoms with E-state index in [2.05, 4.69) is 0 Å². The normalized spacial score (nSPS) is 19.3. The number of carboxylic acids is 1. The van der Waals surface area contributed by atoms with Crippen molar-refractivity contribution in [3.8, 4) is 0 Å². The third kappa shape index (κ3) is 1.59. The van der Waals surface area contributed by atoms with Gasteiger partial charge in [0, 0.05) is 6.04 Å². The van der Waals surface area contributed by atoms with Gasteiger partial charge in [-0.25, -0.2) is 9.18 Å². The maximum Gasteiger partial charge on any atom is 0.338 e. The van der Waals surface area contributed by atoms with Gasteiger partial charge >= 0.3 is 5.97 Å². The second-order valence-electron chi connectivity index (χ2n) is 4.24. The van der Waals surface area contributed by atoms with E-state index in [9.17, 15) is 9.18 Å². The zero-order chi connectivity index (χ0) is 11.9. The zero-order valence-corrected chi connectivity index (χ0v) is 9.09. The molecule has 1 aromatic carbocycles. The molecule has 0 fully saturated rings. The molecule has 86 valence electrons. The van der Waals surface area contributed by atoms with Crippen LogP contribution in [0.3, 0.4) is 0 Å². The predicted molar refractivity (Wildman–Crippen MR) is 58.0 cm³/mol. The van der Waals surface area contributed by atoms with E-state index in [0.717, 1.165) is 30.4 Å². The lowest BCUT2D eigenvalue weighted by Crippen LogP contribution is -2.21. The van der Waals surface area contributed by atoms with Crippen molar-refractivity contribution in [2.24, 2.45) is 5.73 Å². The quantitative estimate of drug-likeness (QED) is 0.766. The molecular weight excluding hydrogens is 209 g/mol. The number of aryl methyl sites for hydroxylation is 1. The molecule has 1 atom stereocenters. The van der Waals surface area contributed by atoms with Gasteiger partial charge in [0.05, 0.1) is 5.56 Å². The van der Waals surface area contributed by atoms with E-state index in [1.165, 1.54) is 6.07 Å². The van der Waals surface area contributed by atoms with E-state index in [-0.39, 0.29) is 11.6 Å². The largest absolute Gasteiger partial charge is 0.478 e. The van der Waals surface area contributed by atoms with Crippen LogP contribution in [0.4, 0.5) is 4.39 Å². The average Bonchev–Trinajstić information content (AvgIpc) is 2.15. The van der Waals surface area contributed by atoms with E-state index >= 15 is 0 Å². The van der Waals surface area contributed by atoms with Crippen LogP contribution >= 0.6 is 0 Å². The van der Waals surface area contributed by atoms with Gasteiger partial charge < -0.3 is 10.8 Å². The number of hydrogen-bond donors (Lipinski definition) is 2. The fraction of sp³-hybridized carbons (Fsp3) is 0.417. The Morgan fingerprint density at radius 2 is 2.31 bits per heavy atom. The minimum atomic E-state index is -1.23. The fourth-order valence-corrected chi connectivity index (χ4v) is 2.50. The monoisotopic (exact) mass is 223 g/mol. The summed E-state index contributed by atoms with van der Waals surface area (Å²) in [6.07, 6.45) is 2.54. The Kier molecular flexibility index (Phi) is 2.68. The summed E-state index contributed by atoms with van der Waals surface area (Å²) in [5.41, 5.74) is 7.88. The minimum Gasteiger partial charge on any atom is -0.478 e. The summed E-state index contributed by atoms with van der Waals surface area (Å²) in [4.78, 5) is 11.0. The topological polar surface area (TPSA) is 63.3 Å². The summed E-state index contributed by atoms with van der Waals surface area (Å²) in [6.45, 7) is 1.64. The molecule has 1 aliphatic carbocycles. The summed E-state index contributed by atoms with van der Waals surface area (Å²) >= 11 is 0. The Balaban J connectivity index is 2.68. The van der Waals surface area contributed by atoms with Crippen molar-refractivity contribution in [3.05, 3.63) is 34.1 Å². The predicted octanol–water partition coefficient (Wildman–Crippen LogP) is 2.17. The lowest BCUT2D eigenvalue weighted by atomic mass is 9.83. The molecule has 0 aromatic heterocycles. The van der Waals surface area contributed by atoms with E-state index in [4.69, 9.17) is 10.8 Å². The number of rotatable bonds is 1. The molecule has 3 N–H and O–H groups in total. The first-order chi connectivity index (χ1) is 7.52. The van der Waals surface area contributed by atoms with Crippen LogP contribution in [0, 0.1) is 12.7 Å². The van der Waals surface area contributed by atoms with Gasteiger partial charge in [-0.1, -0.05) is 0 Å². The number of benzene rings is 1. The lowest BCUT2D eigenvalue weighted by molar-refractivity contribution is 0.0691. The van der Waals surface area contributed by atoms with Crippen molar-refractivity contribution in [3.63, 3.8) is 0 Å². The fourth-order valence-electron chi connectivity index (χ4n) is 2.50. The second kappa shape index (κ2) is 3.87. The molecular formula is C12H14FNO2. The third-order valence-corrected chi connectivity index (χ3v) is 3.21. The van der Waals surface area contributed by atoms with Crippen molar-refractivity contribution in [2.45, 2.75) is 32.2 Å². The molecule has 0 radical (unpaired) electrons. The molecule has 3 nitrogen and oxygen atoms in total. The minimum absolute atomic E-state index is 0.164. The van der Waals surface area contributed by atoms with Crippen molar-refractivity contribution in [1.29, 1.82) is 0 Å². The van der Waals surface area contributed by atoms with E-state index < -0.39 is 11.8 Å². The summed E-state index contributed by atoms with van der Waals surface area (Å²) in [6, 6.07) is 1.16. The first kappa shape index (κ1) is 11.1. The zero-order valence-electron chi connectivity index (χ0n) is 9.09. The number of fused-ring (bicyclic) bond motifs is 1. The van der Waals surface area contributed by atoms with Crippen molar-refractivity contribution < 1.29 is 14.3 Å². The molecule has 1 aliphatic rings. The average molecular weight is 223 g/mol. The molecule has 0 saturated heterocycles. The standard InChI is InChI=1S/C12H14FNO2/c1-6-10-7(3-2-4-9(10)14)5-8(13)11(6)12(15)16/h5,9H,2-4,14H2,1H3,(H,15,16)/t9-/m1/s1. The van der Waals surface area contributed by atoms with Gasteiger partial charge in [0.15, 0.2) is 0 Å². The number of carboxylic acid groups (broad SMARTS) is 1. The summed E-state index contributed by atoms with van der Waals surface area (Å²) < 4.78 is 13.6. The molecule has 1 aromatic rings. The van der Waals surface area contributed by atoms with Gasteiger partial charge in [0.1, 0.15) is 5.82 Å². The number of carbonyl (C=O) groups is 1. The summed E-state index contributed by atoms with van der Waals surface area (Å²) in [5.74, 6) is -1.88. The highest BCUT2D eigenvalue weighted by Gasteiger charge is 2.25. The van der Waals surface area contributed by atoms with Crippen molar-refractivity contribution in [2.75, 3.05) is 0 Å². The number of nitrogens with two attached hydrogens (primary N) is 1. The van der Waals surface area contributed by atoms with Gasteiger partial charge in [0.25, 0.3) is 0 Å². The summed E-state index contributed by atoms with van der Waals surface area (Å²) in [5, 5.41) is 8.95. The Labute approximate surface area is 93.1 Å². The molecule has 0 saturated carbocycles. The highest BCUT2D eigenvalue weighted by molar-refractivity contribution is 5.90. The molecule has 0 heterocycles. The molecule has 0 unspecified atom stereocenters. The molecule has 0 spiro atoms. The molecule has 2 rings (SSSR count). The number of aromatic carboxylic acids is 1. The smallest absolute Gasteiger partial charge is 0.338 e. The molecule has 0 bridgehead atoms. The van der Waals surface area contributed by atoms with Crippen LogP contribution in [0.1, 0.15) is 45.9 Å². The highest BCUT2D eigenvalue weighted by Crippen LogP contribution is 2.33. The lowest BCUT2D eigenvalue weighted by Gasteiger charge is -2.25. The van der Waals surface area contributed by atoms with Crippen molar-refractivity contribution >= 4 is 5.97 Å². The maximum atomic E-state index is 13.6. The first-order valence-electron chi connectivity index (χ1n) is 5.33. The SMILES string of the molecule is Cc1c(C(=O)O)c(F)cc2c1[C@H](N)CCC2. The number of hydrogen-bond acceptors (Lipinski definition) is 2. The Morgan fingerprint density at radius 3 is 2.94 bits per heavy atom. The molecule has 4 heteroatoms. The molecule has 0 amide bonds. The van der Waals surface area contributed by atoms with Gasteiger partial charge in [0.2, 0.25) is 0 Å². The van der Waals surface area contributed by atoms with Crippen LogP contribution in [-0.4, -0.2) is 11.1 Å². The second-order valence-corrected chi connectivity index (χ2v) is 4.24. The van der Waals surface area contributed by atoms with Crippen LogP contribution in [-0.2, 0) is 6.42 Å². The van der Waals surface area contributed by atoms with Crippen LogP contribution < -0.4 is 5.73 Å². The van der Waals surface area contributed by atoms with Gasteiger partial charge in [-0.15, -0.1) is 0 Å². The highest BCUT2D eigenvalue weighted by atomic mass is 19.1. The Hall–Kier alpha value is -1.42. The van der Waals surface area contributed by atoms with Gasteiger partial charge in [-0.2, -0.15) is 0 Å². The molecule has 0 aliphatic heterocycles. The molecule has 16 heavy (non-hydrogen) atoms. The maximum absolute atomic E-state index is 13.6. The van der Waals surface area contributed by atoms with E-state index in [1.807, 2.05) is 0 Å². The van der Waals surface area contributed by atoms with Gasteiger partial charge in [-0.3, -0.25) is 0 Å². The van der Waals surface area contributed by atoms with Gasteiger partial charge in [-0.05, 0) is 48.9 Å². The van der Waals surface area contributed by atoms with Crippen molar-refractivity contribution in [1.82, 2.24) is 0 Å². The number of halogens is 1. The van der Waals surface area contributed by atoms with Crippen LogP contribution in [0.25, 0.3) is 0 Å². The third-order valence-electron chi connectivity index (χ3n) is 3.21.